The van der Waals surface area contributed by atoms with Crippen molar-refractivity contribution in [2.24, 2.45) is 0 Å². The predicted molar refractivity (Wildman–Crippen MR) is 98.0 cm³/mol. The van der Waals surface area contributed by atoms with Crippen LogP contribution in [0, 0.1) is 6.92 Å². The van der Waals surface area contributed by atoms with Crippen molar-refractivity contribution in [2.75, 3.05) is 4.90 Å². The molecule has 7 nitrogen and oxygen atoms in total. The Kier molecular flexibility index (Phi) is 4.09. The fraction of sp³-hybridized carbons (Fsp3) is 0.118. The van der Waals surface area contributed by atoms with Crippen molar-refractivity contribution in [1.82, 2.24) is 15.2 Å². The average molecular weight is 384 g/mol. The first kappa shape index (κ1) is 16.6. The van der Waals surface area contributed by atoms with Gasteiger partial charge in [-0.3, -0.25) is 19.5 Å². The highest BCUT2D eigenvalue weighted by Crippen LogP contribution is 2.43. The maximum atomic E-state index is 12.7. The van der Waals surface area contributed by atoms with Crippen molar-refractivity contribution < 1.29 is 14.7 Å². The minimum absolute atomic E-state index is 0.0262. The standard InChI is InChI=1S/C17H12N4O3S2/c1-9-2-4-10(5-3-9)14(22)12-13(11-6-18-7-25-11)21(16(24)15(12)23)17-20-19-8-26-17/h2-8,13,22H,1H3/b14-12+. The van der Waals surface area contributed by atoms with Gasteiger partial charge in [0.1, 0.15) is 17.3 Å². The average Bonchev–Trinajstić information content (AvgIpc) is 3.37. The van der Waals surface area contributed by atoms with Crippen molar-refractivity contribution in [2.45, 2.75) is 13.0 Å². The summed E-state index contributed by atoms with van der Waals surface area (Å²) in [5.41, 5.74) is 4.62. The fourth-order valence-electron chi connectivity index (χ4n) is 2.80. The lowest BCUT2D eigenvalue weighted by molar-refractivity contribution is -0.132. The lowest BCUT2D eigenvalue weighted by Gasteiger charge is -2.20. The zero-order valence-electron chi connectivity index (χ0n) is 13.5. The van der Waals surface area contributed by atoms with Crippen LogP contribution in [0.4, 0.5) is 5.13 Å². The van der Waals surface area contributed by atoms with E-state index in [1.165, 1.54) is 21.7 Å². The van der Waals surface area contributed by atoms with E-state index in [2.05, 4.69) is 15.2 Å². The van der Waals surface area contributed by atoms with E-state index in [4.69, 9.17) is 0 Å². The number of carbonyl (C=O) groups is 2. The van der Waals surface area contributed by atoms with Gasteiger partial charge in [-0.25, -0.2) is 0 Å². The maximum Gasteiger partial charge on any atom is 0.301 e. The van der Waals surface area contributed by atoms with Crippen LogP contribution in [-0.2, 0) is 9.59 Å². The third kappa shape index (κ3) is 2.61. The molecule has 1 atom stereocenters. The molecule has 2 aromatic heterocycles. The van der Waals surface area contributed by atoms with Crippen LogP contribution in [0.15, 0.2) is 47.1 Å². The molecule has 1 saturated heterocycles. The van der Waals surface area contributed by atoms with Crippen molar-refractivity contribution >= 4 is 45.3 Å². The van der Waals surface area contributed by atoms with E-state index in [0.29, 0.717) is 15.6 Å². The molecule has 0 spiro atoms. The van der Waals surface area contributed by atoms with Gasteiger partial charge in [0.05, 0.1) is 16.0 Å². The number of hydrogen-bond acceptors (Lipinski definition) is 8. The van der Waals surface area contributed by atoms with Crippen molar-refractivity contribution in [3.63, 3.8) is 0 Å². The maximum absolute atomic E-state index is 12.7. The van der Waals surface area contributed by atoms with Crippen LogP contribution >= 0.6 is 22.7 Å². The number of carbonyl (C=O) groups excluding carboxylic acids is 2. The number of thiazole rings is 1. The van der Waals surface area contributed by atoms with Crippen LogP contribution in [0.2, 0.25) is 0 Å². The Hall–Kier alpha value is -2.91. The highest BCUT2D eigenvalue weighted by Gasteiger charge is 2.48. The van der Waals surface area contributed by atoms with Gasteiger partial charge in [0, 0.05) is 11.8 Å². The van der Waals surface area contributed by atoms with Gasteiger partial charge >= 0.3 is 5.91 Å². The third-order valence-corrected chi connectivity index (χ3v) is 5.56. The number of amides is 1. The number of hydrogen-bond donors (Lipinski definition) is 1. The number of ketones is 1. The normalized spacial score (nSPS) is 19.3. The Morgan fingerprint density at radius 1 is 1.15 bits per heavy atom. The van der Waals surface area contributed by atoms with Gasteiger partial charge in [0.15, 0.2) is 0 Å². The van der Waals surface area contributed by atoms with Gasteiger partial charge in [0.2, 0.25) is 5.13 Å². The largest absolute Gasteiger partial charge is 0.507 e. The summed E-state index contributed by atoms with van der Waals surface area (Å²) in [4.78, 5) is 31.4. The van der Waals surface area contributed by atoms with E-state index in [1.54, 1.807) is 23.8 Å². The van der Waals surface area contributed by atoms with E-state index in [1.807, 2.05) is 19.1 Å². The molecule has 1 aliphatic rings. The summed E-state index contributed by atoms with van der Waals surface area (Å²) in [5.74, 6) is -1.71. The lowest BCUT2D eigenvalue weighted by atomic mass is 10.00. The van der Waals surface area contributed by atoms with Crippen molar-refractivity contribution in [3.8, 4) is 0 Å². The number of anilines is 1. The summed E-state index contributed by atoms with van der Waals surface area (Å²) < 4.78 is 0. The van der Waals surface area contributed by atoms with Crippen LogP contribution in [0.5, 0.6) is 0 Å². The summed E-state index contributed by atoms with van der Waals surface area (Å²) in [7, 11) is 0. The zero-order chi connectivity index (χ0) is 18.3. The molecule has 0 radical (unpaired) electrons. The molecule has 1 N–H and O–H groups in total. The number of benzene rings is 1. The minimum Gasteiger partial charge on any atom is -0.507 e. The van der Waals surface area contributed by atoms with Crippen molar-refractivity contribution in [1.29, 1.82) is 0 Å². The third-order valence-electron chi connectivity index (χ3n) is 4.04. The fourth-order valence-corrected chi connectivity index (χ4v) is 4.10. The highest BCUT2D eigenvalue weighted by atomic mass is 32.1. The van der Waals surface area contributed by atoms with E-state index >= 15 is 0 Å². The smallest absolute Gasteiger partial charge is 0.301 e. The molecule has 4 rings (SSSR count). The summed E-state index contributed by atoms with van der Waals surface area (Å²) in [6.07, 6.45) is 1.58. The summed E-state index contributed by atoms with van der Waals surface area (Å²) in [5, 5.41) is 18.8. The van der Waals surface area contributed by atoms with Gasteiger partial charge in [-0.2, -0.15) is 0 Å². The molecule has 0 bridgehead atoms. The summed E-state index contributed by atoms with van der Waals surface area (Å²) >= 11 is 2.45. The van der Waals surface area contributed by atoms with Crippen LogP contribution in [0.3, 0.4) is 0 Å². The number of aliphatic hydroxyl groups excluding tert-OH is 1. The molecule has 130 valence electrons. The van der Waals surface area contributed by atoms with Crippen LogP contribution in [-0.4, -0.2) is 32.0 Å². The molecular formula is C17H12N4O3S2. The van der Waals surface area contributed by atoms with E-state index < -0.39 is 17.7 Å². The first-order valence-electron chi connectivity index (χ1n) is 7.60. The molecule has 1 aromatic carbocycles. The summed E-state index contributed by atoms with van der Waals surface area (Å²) in [6, 6.07) is 6.31. The van der Waals surface area contributed by atoms with Gasteiger partial charge in [-0.15, -0.1) is 21.5 Å². The SMILES string of the molecule is Cc1ccc(/C(O)=C2\C(=O)C(=O)N(c3nncs3)C2c2cncs2)cc1. The molecule has 3 heterocycles. The number of aromatic nitrogens is 3. The summed E-state index contributed by atoms with van der Waals surface area (Å²) in [6.45, 7) is 1.93. The lowest BCUT2D eigenvalue weighted by Crippen LogP contribution is -2.29. The Morgan fingerprint density at radius 2 is 1.92 bits per heavy atom. The van der Waals surface area contributed by atoms with Crippen molar-refractivity contribution in [3.05, 3.63) is 63.1 Å². The van der Waals surface area contributed by atoms with Gasteiger partial charge < -0.3 is 5.11 Å². The molecule has 1 aliphatic heterocycles. The zero-order valence-corrected chi connectivity index (χ0v) is 15.1. The van der Waals surface area contributed by atoms with Gasteiger partial charge in [-0.05, 0) is 6.92 Å². The molecular weight excluding hydrogens is 372 g/mol. The second kappa shape index (κ2) is 6.43. The van der Waals surface area contributed by atoms with Gasteiger partial charge in [-0.1, -0.05) is 41.2 Å². The number of aryl methyl sites for hydroxylation is 1. The molecule has 26 heavy (non-hydrogen) atoms. The number of Topliss-reactive ketones (excluding diaryl/α,β-unsaturated/α-hetero) is 1. The number of nitrogens with zero attached hydrogens (tertiary/aromatic N) is 4. The molecule has 9 heteroatoms. The topological polar surface area (TPSA) is 96.3 Å². The molecule has 1 amide bonds. The highest BCUT2D eigenvalue weighted by molar-refractivity contribution is 7.13. The predicted octanol–water partition coefficient (Wildman–Crippen LogP) is 2.93. The first-order valence-corrected chi connectivity index (χ1v) is 9.36. The first-order chi connectivity index (χ1) is 12.6. The Labute approximate surface area is 156 Å². The molecule has 0 saturated carbocycles. The monoisotopic (exact) mass is 384 g/mol. The molecule has 0 aliphatic carbocycles. The van der Waals surface area contributed by atoms with Crippen LogP contribution in [0.25, 0.3) is 5.76 Å². The molecule has 1 unspecified atom stereocenters. The number of aliphatic hydroxyl groups is 1. The van der Waals surface area contributed by atoms with Gasteiger partial charge in [0.25, 0.3) is 5.78 Å². The second-order valence-corrected chi connectivity index (χ2v) is 7.39. The molecule has 1 fully saturated rings. The Balaban J connectivity index is 1.92. The van der Waals surface area contributed by atoms with E-state index in [0.717, 1.165) is 16.9 Å². The van der Waals surface area contributed by atoms with E-state index in [-0.39, 0.29) is 11.3 Å². The number of rotatable bonds is 3. The Bertz CT molecular complexity index is 995. The Morgan fingerprint density at radius 3 is 2.54 bits per heavy atom. The second-order valence-electron chi connectivity index (χ2n) is 5.66. The minimum atomic E-state index is -0.781. The van der Waals surface area contributed by atoms with Crippen LogP contribution in [0.1, 0.15) is 22.0 Å². The molecule has 3 aromatic rings. The van der Waals surface area contributed by atoms with E-state index in [9.17, 15) is 14.7 Å². The van der Waals surface area contributed by atoms with Crippen LogP contribution < -0.4 is 4.90 Å². The quantitative estimate of drug-likeness (QED) is 0.424.